The van der Waals surface area contributed by atoms with E-state index in [1.165, 1.54) is 58.4 Å². The van der Waals surface area contributed by atoms with Crippen LogP contribution in [-0.2, 0) is 15.9 Å². The Bertz CT molecular complexity index is 1170. The van der Waals surface area contributed by atoms with Crippen molar-refractivity contribution in [2.75, 3.05) is 0 Å². The van der Waals surface area contributed by atoms with Gasteiger partial charge in [0.05, 0.1) is 0 Å². The highest BCUT2D eigenvalue weighted by atomic mass is 16.6. The summed E-state index contributed by atoms with van der Waals surface area (Å²) in [5.74, 6) is 1.30. The first-order valence-electron chi connectivity index (χ1n) is 11.0. The topological polar surface area (TPSA) is 12.5 Å². The van der Waals surface area contributed by atoms with Crippen molar-refractivity contribution in [3.63, 3.8) is 0 Å². The van der Waals surface area contributed by atoms with Gasteiger partial charge in [0, 0.05) is 0 Å². The van der Waals surface area contributed by atoms with Crippen LogP contribution in [0.3, 0.4) is 0 Å². The number of rotatable bonds is 4. The molecule has 142 valence electrons. The number of epoxide rings is 1. The van der Waals surface area contributed by atoms with Crippen LogP contribution >= 0.6 is 0 Å². The molecular weight excluding hydrogens is 352 g/mol. The molecule has 2 saturated carbocycles. The smallest absolute Gasteiger partial charge is 0.131 e. The number of benzene rings is 4. The minimum absolute atomic E-state index is 0.138. The molecule has 0 bridgehead atoms. The molecule has 1 aliphatic heterocycles. The standard InChI is InChI=1S/C28H24O/c1-3-7-21-17-25(11-9-19(21)5-1)27(23-13-14-23)28(29-27,24-15-16-24)26-12-10-20-6-2-4-8-22(20)18-26/h1-12,17-18,23-24H,13-16H2. The summed E-state index contributed by atoms with van der Waals surface area (Å²) in [5, 5.41) is 5.27. The first-order chi connectivity index (χ1) is 14.3. The molecule has 3 aliphatic rings. The van der Waals surface area contributed by atoms with E-state index < -0.39 is 0 Å². The van der Waals surface area contributed by atoms with Crippen molar-refractivity contribution >= 4 is 21.5 Å². The van der Waals surface area contributed by atoms with Crippen molar-refractivity contribution < 1.29 is 4.74 Å². The van der Waals surface area contributed by atoms with Gasteiger partial charge in [0.25, 0.3) is 0 Å². The highest BCUT2D eigenvalue weighted by Crippen LogP contribution is 2.77. The van der Waals surface area contributed by atoms with Crippen LogP contribution in [0, 0.1) is 11.8 Å². The van der Waals surface area contributed by atoms with Crippen molar-refractivity contribution in [2.45, 2.75) is 36.9 Å². The third-order valence-corrected chi connectivity index (χ3v) is 7.49. The van der Waals surface area contributed by atoms with Crippen LogP contribution in [0.1, 0.15) is 36.8 Å². The van der Waals surface area contributed by atoms with Crippen LogP contribution in [0.15, 0.2) is 84.9 Å². The maximum atomic E-state index is 7.01. The quantitative estimate of drug-likeness (QED) is 0.352. The number of fused-ring (bicyclic) bond motifs is 2. The van der Waals surface area contributed by atoms with Gasteiger partial charge < -0.3 is 4.74 Å². The first kappa shape index (κ1) is 16.2. The van der Waals surface area contributed by atoms with E-state index in [0.717, 1.165) is 0 Å². The molecule has 1 heterocycles. The van der Waals surface area contributed by atoms with Gasteiger partial charge >= 0.3 is 0 Å². The lowest BCUT2D eigenvalue weighted by atomic mass is 9.75. The number of ether oxygens (including phenoxy) is 1. The Balaban J connectivity index is 1.43. The van der Waals surface area contributed by atoms with Gasteiger partial charge in [0.1, 0.15) is 11.2 Å². The number of hydrogen-bond acceptors (Lipinski definition) is 1. The van der Waals surface area contributed by atoms with Crippen molar-refractivity contribution in [2.24, 2.45) is 11.8 Å². The van der Waals surface area contributed by atoms with Crippen LogP contribution in [0.4, 0.5) is 0 Å². The van der Waals surface area contributed by atoms with Gasteiger partial charge in [0.2, 0.25) is 0 Å². The highest BCUT2D eigenvalue weighted by Gasteiger charge is 2.80. The fraction of sp³-hybridized carbons (Fsp3) is 0.286. The molecule has 2 atom stereocenters. The molecule has 0 spiro atoms. The normalized spacial score (nSPS) is 28.7. The summed E-state index contributed by atoms with van der Waals surface area (Å²) < 4.78 is 7.01. The second-order valence-corrected chi connectivity index (χ2v) is 9.25. The molecule has 0 radical (unpaired) electrons. The fourth-order valence-electron chi connectivity index (χ4n) is 5.84. The molecule has 2 unspecified atom stereocenters. The zero-order chi connectivity index (χ0) is 19.1. The summed E-state index contributed by atoms with van der Waals surface area (Å²) in [7, 11) is 0. The van der Waals surface area contributed by atoms with E-state index in [1.807, 2.05) is 0 Å². The zero-order valence-corrected chi connectivity index (χ0v) is 16.5. The van der Waals surface area contributed by atoms with Crippen LogP contribution in [0.25, 0.3) is 21.5 Å². The third-order valence-electron chi connectivity index (χ3n) is 7.49. The summed E-state index contributed by atoms with van der Waals surface area (Å²) in [5.41, 5.74) is 2.50. The molecule has 29 heavy (non-hydrogen) atoms. The molecule has 0 N–H and O–H groups in total. The van der Waals surface area contributed by atoms with Gasteiger partial charge in [-0.15, -0.1) is 0 Å². The molecule has 0 amide bonds. The van der Waals surface area contributed by atoms with Gasteiger partial charge in [-0.2, -0.15) is 0 Å². The third kappa shape index (κ3) is 2.14. The second kappa shape index (κ2) is 5.49. The Hall–Kier alpha value is -2.64. The SMILES string of the molecule is c1ccc2cc(C3(C4CC4)OC3(c3ccc4ccccc4c3)C3CC3)ccc2c1. The van der Waals surface area contributed by atoms with E-state index in [4.69, 9.17) is 4.74 Å². The van der Waals surface area contributed by atoms with Crippen LogP contribution < -0.4 is 0 Å². The molecular formula is C28H24O. The van der Waals surface area contributed by atoms with Gasteiger partial charge in [-0.25, -0.2) is 0 Å². The van der Waals surface area contributed by atoms with Crippen LogP contribution in [0.2, 0.25) is 0 Å². The van der Waals surface area contributed by atoms with Gasteiger partial charge in [0.15, 0.2) is 0 Å². The average molecular weight is 376 g/mol. The predicted octanol–water partition coefficient (Wildman–Crippen LogP) is 6.93. The molecule has 1 heteroatoms. The van der Waals surface area contributed by atoms with Crippen molar-refractivity contribution in [1.82, 2.24) is 0 Å². The van der Waals surface area contributed by atoms with Gasteiger partial charge in [-0.05, 0) is 82.3 Å². The average Bonchev–Trinajstić information content (AvgIpc) is 3.63. The lowest BCUT2D eigenvalue weighted by molar-refractivity contribution is 0.236. The second-order valence-electron chi connectivity index (χ2n) is 9.25. The van der Waals surface area contributed by atoms with E-state index >= 15 is 0 Å². The Kier molecular flexibility index (Phi) is 3.06. The largest absolute Gasteiger partial charge is 0.352 e. The predicted molar refractivity (Wildman–Crippen MR) is 118 cm³/mol. The zero-order valence-electron chi connectivity index (χ0n) is 16.5. The highest BCUT2D eigenvalue weighted by molar-refractivity contribution is 5.85. The molecule has 0 aromatic heterocycles. The minimum Gasteiger partial charge on any atom is -0.352 e. The fourth-order valence-corrected chi connectivity index (χ4v) is 5.84. The lowest BCUT2D eigenvalue weighted by Crippen LogP contribution is -2.26. The van der Waals surface area contributed by atoms with Gasteiger partial charge in [-0.3, -0.25) is 0 Å². The van der Waals surface area contributed by atoms with E-state index in [9.17, 15) is 0 Å². The minimum atomic E-state index is -0.138. The van der Waals surface area contributed by atoms with E-state index in [0.29, 0.717) is 11.8 Å². The molecule has 4 aromatic rings. The molecule has 1 nitrogen and oxygen atoms in total. The molecule has 4 aromatic carbocycles. The Labute approximate surface area is 171 Å². The Morgan fingerprint density at radius 1 is 0.517 bits per heavy atom. The summed E-state index contributed by atoms with van der Waals surface area (Å²) in [4.78, 5) is 0. The molecule has 7 rings (SSSR count). The van der Waals surface area contributed by atoms with Crippen molar-refractivity contribution in [3.8, 4) is 0 Å². The summed E-state index contributed by atoms with van der Waals surface area (Å²) in [6, 6.07) is 31.4. The van der Waals surface area contributed by atoms with Gasteiger partial charge in [-0.1, -0.05) is 72.8 Å². The lowest BCUT2D eigenvalue weighted by Gasteiger charge is -2.22. The summed E-state index contributed by atoms with van der Waals surface area (Å²) >= 11 is 0. The molecule has 3 fully saturated rings. The van der Waals surface area contributed by atoms with E-state index in [2.05, 4.69) is 84.9 Å². The summed E-state index contributed by atoms with van der Waals surface area (Å²) in [6.07, 6.45) is 5.15. The van der Waals surface area contributed by atoms with E-state index in [1.54, 1.807) is 0 Å². The van der Waals surface area contributed by atoms with Crippen molar-refractivity contribution in [3.05, 3.63) is 96.1 Å². The Morgan fingerprint density at radius 2 is 0.931 bits per heavy atom. The Morgan fingerprint density at radius 3 is 1.34 bits per heavy atom. The van der Waals surface area contributed by atoms with Crippen LogP contribution in [0.5, 0.6) is 0 Å². The van der Waals surface area contributed by atoms with Crippen molar-refractivity contribution in [1.29, 1.82) is 0 Å². The molecule has 1 saturated heterocycles. The van der Waals surface area contributed by atoms with E-state index in [-0.39, 0.29) is 11.2 Å². The monoisotopic (exact) mass is 376 g/mol. The maximum Gasteiger partial charge on any atom is 0.131 e. The maximum absolute atomic E-state index is 7.01. The van der Waals surface area contributed by atoms with Crippen LogP contribution in [-0.4, -0.2) is 0 Å². The molecule has 2 aliphatic carbocycles. The first-order valence-corrected chi connectivity index (χ1v) is 11.0. The number of hydrogen-bond donors (Lipinski definition) is 0. The summed E-state index contributed by atoms with van der Waals surface area (Å²) in [6.45, 7) is 0.